The van der Waals surface area contributed by atoms with Gasteiger partial charge in [0.25, 0.3) is 0 Å². The molecule has 0 atom stereocenters. The molecule has 0 aliphatic carbocycles. The van der Waals surface area contributed by atoms with Crippen molar-refractivity contribution in [3.8, 4) is 0 Å². The number of carbonyl (C=O) groups excluding carboxylic acids is 1. The third kappa shape index (κ3) is 9.00. The number of hydrogen-bond acceptors (Lipinski definition) is 3. The number of nitrogens with zero attached hydrogens (tertiary/aromatic N) is 2. The lowest BCUT2D eigenvalue weighted by molar-refractivity contribution is -0.132. The van der Waals surface area contributed by atoms with E-state index in [0.29, 0.717) is 13.1 Å². The molecule has 0 rings (SSSR count). The molecule has 0 aromatic carbocycles. The highest BCUT2D eigenvalue weighted by Gasteiger charge is 2.16. The van der Waals surface area contributed by atoms with Gasteiger partial charge in [0.1, 0.15) is 0 Å². The van der Waals surface area contributed by atoms with E-state index in [2.05, 4.69) is 20.8 Å². The predicted molar refractivity (Wildman–Crippen MR) is 80.2 cm³/mol. The third-order valence-corrected chi connectivity index (χ3v) is 3.23. The Balaban J connectivity index is 4.31. The van der Waals surface area contributed by atoms with Crippen molar-refractivity contribution in [3.05, 3.63) is 0 Å². The van der Waals surface area contributed by atoms with Gasteiger partial charge in [-0.15, -0.1) is 0 Å². The first-order chi connectivity index (χ1) is 9.19. The number of carbonyl (C=O) groups is 1. The molecule has 4 nitrogen and oxygen atoms in total. The summed E-state index contributed by atoms with van der Waals surface area (Å²) in [4.78, 5) is 16.4. The number of hydrogen-bond donors (Lipinski definition) is 1. The average molecular weight is 272 g/mol. The van der Waals surface area contributed by atoms with E-state index in [1.54, 1.807) is 0 Å². The molecule has 0 fully saturated rings. The quantitative estimate of drug-likeness (QED) is 0.592. The van der Waals surface area contributed by atoms with Gasteiger partial charge in [-0.1, -0.05) is 33.6 Å². The highest BCUT2D eigenvalue weighted by Crippen LogP contribution is 2.02. The second-order valence-corrected chi connectivity index (χ2v) is 5.09. The molecule has 0 aliphatic rings. The molecule has 0 saturated carbocycles. The normalized spacial score (nSPS) is 11.0. The van der Waals surface area contributed by atoms with Crippen molar-refractivity contribution in [3.63, 3.8) is 0 Å². The molecule has 0 unspecified atom stereocenters. The van der Waals surface area contributed by atoms with Crippen molar-refractivity contribution >= 4 is 5.91 Å². The molecule has 4 heteroatoms. The summed E-state index contributed by atoms with van der Waals surface area (Å²) in [6, 6.07) is 0. The summed E-state index contributed by atoms with van der Waals surface area (Å²) >= 11 is 0. The van der Waals surface area contributed by atoms with Gasteiger partial charge >= 0.3 is 0 Å². The fourth-order valence-electron chi connectivity index (χ4n) is 2.08. The molecular weight excluding hydrogens is 240 g/mol. The van der Waals surface area contributed by atoms with Crippen LogP contribution in [0.5, 0.6) is 0 Å². The van der Waals surface area contributed by atoms with Gasteiger partial charge < -0.3 is 10.0 Å². The van der Waals surface area contributed by atoms with Gasteiger partial charge in [0.05, 0.1) is 13.2 Å². The molecule has 1 N–H and O–H groups in total. The standard InChI is InChI=1S/C15H32N2O2/c1-4-7-10-17(11-8-5-2)15(19)14-16(9-6-3)12-13-18/h18H,4-14H2,1-3H3. The second-order valence-electron chi connectivity index (χ2n) is 5.09. The zero-order valence-electron chi connectivity index (χ0n) is 13.0. The molecule has 0 aliphatic heterocycles. The van der Waals surface area contributed by atoms with Crippen molar-refractivity contribution in [1.29, 1.82) is 0 Å². The van der Waals surface area contributed by atoms with Gasteiger partial charge in [-0.3, -0.25) is 9.69 Å². The SMILES string of the molecule is CCCCN(CCCC)C(=O)CN(CCC)CCO. The molecule has 114 valence electrons. The van der Waals surface area contributed by atoms with E-state index < -0.39 is 0 Å². The van der Waals surface area contributed by atoms with E-state index in [9.17, 15) is 4.79 Å². The van der Waals surface area contributed by atoms with Crippen LogP contribution in [0.2, 0.25) is 0 Å². The Morgan fingerprint density at radius 1 is 0.895 bits per heavy atom. The van der Waals surface area contributed by atoms with Crippen LogP contribution in [0.4, 0.5) is 0 Å². The van der Waals surface area contributed by atoms with E-state index >= 15 is 0 Å². The van der Waals surface area contributed by atoms with E-state index in [4.69, 9.17) is 5.11 Å². The largest absolute Gasteiger partial charge is 0.395 e. The van der Waals surface area contributed by atoms with Crippen molar-refractivity contribution in [2.75, 3.05) is 39.3 Å². The summed E-state index contributed by atoms with van der Waals surface area (Å²) in [5, 5.41) is 9.03. The fraction of sp³-hybridized carbons (Fsp3) is 0.933. The Morgan fingerprint density at radius 2 is 1.47 bits per heavy atom. The minimum Gasteiger partial charge on any atom is -0.395 e. The maximum atomic E-state index is 12.3. The fourth-order valence-corrected chi connectivity index (χ4v) is 2.08. The molecule has 0 aromatic heterocycles. The molecule has 0 radical (unpaired) electrons. The van der Waals surface area contributed by atoms with E-state index in [1.807, 2.05) is 9.80 Å². The predicted octanol–water partition coefficient (Wildman–Crippen LogP) is 2.12. The average Bonchev–Trinajstić information content (AvgIpc) is 2.39. The Bertz CT molecular complexity index is 208. The van der Waals surface area contributed by atoms with E-state index in [1.165, 1.54) is 0 Å². The Labute approximate surface area is 118 Å². The molecule has 0 spiro atoms. The van der Waals surface area contributed by atoms with Gasteiger partial charge in [0.15, 0.2) is 0 Å². The van der Waals surface area contributed by atoms with Gasteiger partial charge in [0, 0.05) is 19.6 Å². The van der Waals surface area contributed by atoms with E-state index in [-0.39, 0.29) is 12.5 Å². The monoisotopic (exact) mass is 272 g/mol. The zero-order valence-corrected chi connectivity index (χ0v) is 13.0. The first-order valence-corrected chi connectivity index (χ1v) is 7.80. The van der Waals surface area contributed by atoms with E-state index in [0.717, 1.165) is 51.7 Å². The van der Waals surface area contributed by atoms with Gasteiger partial charge in [-0.25, -0.2) is 0 Å². The maximum absolute atomic E-state index is 12.3. The first kappa shape index (κ1) is 18.4. The molecule has 0 heterocycles. The van der Waals surface area contributed by atoms with Gasteiger partial charge in [-0.05, 0) is 25.8 Å². The number of amides is 1. The van der Waals surface area contributed by atoms with Crippen LogP contribution < -0.4 is 0 Å². The van der Waals surface area contributed by atoms with Crippen LogP contribution in [0, 0.1) is 0 Å². The van der Waals surface area contributed by atoms with Crippen LogP contribution in [0.1, 0.15) is 52.9 Å². The highest BCUT2D eigenvalue weighted by atomic mass is 16.3. The van der Waals surface area contributed by atoms with Crippen molar-refractivity contribution < 1.29 is 9.90 Å². The molecular formula is C15H32N2O2. The summed E-state index contributed by atoms with van der Waals surface area (Å²) in [7, 11) is 0. The minimum atomic E-state index is 0.122. The summed E-state index contributed by atoms with van der Waals surface area (Å²) in [5.41, 5.74) is 0. The molecule has 0 bridgehead atoms. The second kappa shape index (κ2) is 12.4. The summed E-state index contributed by atoms with van der Waals surface area (Å²) < 4.78 is 0. The lowest BCUT2D eigenvalue weighted by Crippen LogP contribution is -2.42. The Morgan fingerprint density at radius 3 is 1.89 bits per heavy atom. The number of unbranched alkanes of at least 4 members (excludes halogenated alkanes) is 2. The van der Waals surface area contributed by atoms with Crippen molar-refractivity contribution in [2.24, 2.45) is 0 Å². The topological polar surface area (TPSA) is 43.8 Å². The lowest BCUT2D eigenvalue weighted by atomic mass is 10.2. The molecule has 19 heavy (non-hydrogen) atoms. The Kier molecular flexibility index (Phi) is 12.0. The highest BCUT2D eigenvalue weighted by molar-refractivity contribution is 5.78. The third-order valence-electron chi connectivity index (χ3n) is 3.23. The summed E-state index contributed by atoms with van der Waals surface area (Å²) in [6.07, 6.45) is 5.39. The minimum absolute atomic E-state index is 0.122. The van der Waals surface area contributed by atoms with Crippen molar-refractivity contribution in [2.45, 2.75) is 52.9 Å². The van der Waals surface area contributed by atoms with Gasteiger partial charge in [0.2, 0.25) is 5.91 Å². The zero-order chi connectivity index (χ0) is 14.5. The number of aliphatic hydroxyl groups excluding tert-OH is 1. The van der Waals surface area contributed by atoms with Crippen LogP contribution in [0.15, 0.2) is 0 Å². The van der Waals surface area contributed by atoms with Crippen LogP contribution in [-0.2, 0) is 4.79 Å². The van der Waals surface area contributed by atoms with Crippen molar-refractivity contribution in [1.82, 2.24) is 9.80 Å². The lowest BCUT2D eigenvalue weighted by Gasteiger charge is -2.27. The number of aliphatic hydroxyl groups is 1. The summed E-state index contributed by atoms with van der Waals surface area (Å²) in [6.45, 7) is 10.2. The van der Waals surface area contributed by atoms with Crippen LogP contribution in [0.25, 0.3) is 0 Å². The van der Waals surface area contributed by atoms with Crippen LogP contribution in [0.3, 0.4) is 0 Å². The number of rotatable bonds is 12. The molecule has 0 aromatic rings. The molecule has 0 saturated heterocycles. The van der Waals surface area contributed by atoms with Gasteiger partial charge in [-0.2, -0.15) is 0 Å². The Hall–Kier alpha value is -0.610. The smallest absolute Gasteiger partial charge is 0.236 e. The summed E-state index contributed by atoms with van der Waals surface area (Å²) in [5.74, 6) is 0.212. The van der Waals surface area contributed by atoms with Crippen LogP contribution in [-0.4, -0.2) is 60.1 Å². The van der Waals surface area contributed by atoms with Crippen LogP contribution >= 0.6 is 0 Å². The molecule has 1 amide bonds. The maximum Gasteiger partial charge on any atom is 0.236 e. The first-order valence-electron chi connectivity index (χ1n) is 7.80.